The zero-order chi connectivity index (χ0) is 32.1. The van der Waals surface area contributed by atoms with E-state index in [0.717, 1.165) is 44.8 Å². The number of rotatable bonds is 7. The number of alkyl halides is 3. The molecule has 3 heterocycles. The maximum absolute atomic E-state index is 15.3. The van der Waals surface area contributed by atoms with Gasteiger partial charge in [0, 0.05) is 31.9 Å². The fourth-order valence-corrected chi connectivity index (χ4v) is 6.32. The number of benzene rings is 2. The molecule has 1 aliphatic carbocycles. The van der Waals surface area contributed by atoms with Crippen molar-refractivity contribution < 1.29 is 36.6 Å². The van der Waals surface area contributed by atoms with Crippen molar-refractivity contribution in [2.45, 2.75) is 44.4 Å². The number of likely N-dealkylation sites (tertiary alicyclic amines) is 1. The topological polar surface area (TPSA) is 109 Å². The Morgan fingerprint density at radius 3 is 2.53 bits per heavy atom. The molecule has 3 aromatic rings. The molecule has 2 fully saturated rings. The molecule has 238 valence electrons. The van der Waals surface area contributed by atoms with Crippen molar-refractivity contribution in [3.05, 3.63) is 64.6 Å². The smallest absolute Gasteiger partial charge is 0.423 e. The molecule has 14 heteroatoms. The van der Waals surface area contributed by atoms with Crippen LogP contribution in [0.25, 0.3) is 0 Å². The number of piperidine rings is 1. The molecule has 2 aliphatic heterocycles. The number of carbonyl (C=O) groups is 2. The van der Waals surface area contributed by atoms with Gasteiger partial charge in [0.05, 0.1) is 23.9 Å². The largest absolute Gasteiger partial charge is 0.495 e. The molecule has 0 atom stereocenters. The van der Waals surface area contributed by atoms with Gasteiger partial charge in [-0.25, -0.2) is 9.37 Å². The second-order valence-electron chi connectivity index (χ2n) is 12.0. The van der Waals surface area contributed by atoms with E-state index in [-0.39, 0.29) is 52.3 Å². The van der Waals surface area contributed by atoms with E-state index in [4.69, 9.17) is 9.47 Å². The van der Waals surface area contributed by atoms with Gasteiger partial charge < -0.3 is 29.9 Å². The highest BCUT2D eigenvalue weighted by atomic mass is 19.4. The lowest BCUT2D eigenvalue weighted by Crippen LogP contribution is -2.54. The van der Waals surface area contributed by atoms with E-state index in [1.807, 2.05) is 0 Å². The average Bonchev–Trinajstić information content (AvgIpc) is 3.26. The van der Waals surface area contributed by atoms with E-state index in [2.05, 4.69) is 32.5 Å². The van der Waals surface area contributed by atoms with E-state index in [9.17, 15) is 22.8 Å². The summed E-state index contributed by atoms with van der Waals surface area (Å²) < 4.78 is 67.9. The second-order valence-corrected chi connectivity index (χ2v) is 12.0. The van der Waals surface area contributed by atoms with Gasteiger partial charge in [-0.2, -0.15) is 18.2 Å². The Morgan fingerprint density at radius 1 is 1.11 bits per heavy atom. The molecule has 1 spiro atoms. The lowest BCUT2D eigenvalue weighted by Gasteiger charge is -2.52. The SMILES string of the molecule is COc1cc(C(=O)NC2CC3(CCN(C)CC3)C2)c(F)cc1Nc1ncc(C(F)(F)F)c(Oc2cccc3c2C(=O)N(C)C3)n1. The van der Waals surface area contributed by atoms with Crippen molar-refractivity contribution in [2.75, 3.05) is 39.6 Å². The summed E-state index contributed by atoms with van der Waals surface area (Å²) in [5.41, 5.74) is -0.556. The van der Waals surface area contributed by atoms with Gasteiger partial charge in [0.25, 0.3) is 11.8 Å². The molecule has 1 aromatic heterocycles. The number of amides is 2. The van der Waals surface area contributed by atoms with Crippen LogP contribution >= 0.6 is 0 Å². The first-order valence-corrected chi connectivity index (χ1v) is 14.5. The van der Waals surface area contributed by atoms with Crippen molar-refractivity contribution in [3.8, 4) is 17.4 Å². The highest BCUT2D eigenvalue weighted by Crippen LogP contribution is 2.49. The highest BCUT2D eigenvalue weighted by molar-refractivity contribution is 6.01. The number of anilines is 2. The molecule has 2 N–H and O–H groups in total. The summed E-state index contributed by atoms with van der Waals surface area (Å²) in [6, 6.07) is 6.79. The van der Waals surface area contributed by atoms with Crippen molar-refractivity contribution >= 4 is 23.5 Å². The number of nitrogens with one attached hydrogen (secondary N) is 2. The van der Waals surface area contributed by atoms with Crippen LogP contribution in [0.5, 0.6) is 17.4 Å². The molecular formula is C31H32F4N6O4. The summed E-state index contributed by atoms with van der Waals surface area (Å²) in [6.07, 6.45) is -0.518. The molecule has 1 saturated heterocycles. The molecule has 2 amide bonds. The minimum Gasteiger partial charge on any atom is -0.495 e. The summed E-state index contributed by atoms with van der Waals surface area (Å²) in [7, 11) is 4.97. The van der Waals surface area contributed by atoms with Crippen molar-refractivity contribution in [1.29, 1.82) is 0 Å². The van der Waals surface area contributed by atoms with Gasteiger partial charge in [-0.3, -0.25) is 9.59 Å². The first-order chi connectivity index (χ1) is 21.4. The predicted molar refractivity (Wildman–Crippen MR) is 155 cm³/mol. The Morgan fingerprint density at radius 2 is 1.84 bits per heavy atom. The maximum Gasteiger partial charge on any atom is 0.423 e. The van der Waals surface area contributed by atoms with E-state index >= 15 is 4.39 Å². The number of aromatic nitrogens is 2. The van der Waals surface area contributed by atoms with Crippen LogP contribution in [-0.2, 0) is 12.7 Å². The van der Waals surface area contributed by atoms with Crippen LogP contribution in [0.15, 0.2) is 36.5 Å². The third kappa shape index (κ3) is 5.98. The van der Waals surface area contributed by atoms with Gasteiger partial charge in [-0.05, 0) is 68.9 Å². The predicted octanol–water partition coefficient (Wildman–Crippen LogP) is 5.37. The minimum atomic E-state index is -4.88. The molecule has 45 heavy (non-hydrogen) atoms. The van der Waals surface area contributed by atoms with Crippen LogP contribution in [0.1, 0.15) is 57.5 Å². The number of halogens is 4. The van der Waals surface area contributed by atoms with Gasteiger partial charge in [0.2, 0.25) is 11.8 Å². The molecule has 10 nitrogen and oxygen atoms in total. The number of methoxy groups -OCH3 is 1. The maximum atomic E-state index is 15.3. The fourth-order valence-electron chi connectivity index (χ4n) is 6.32. The first-order valence-electron chi connectivity index (χ1n) is 14.5. The van der Waals surface area contributed by atoms with Crippen LogP contribution in [0.2, 0.25) is 0 Å². The molecule has 3 aliphatic rings. The molecule has 0 unspecified atom stereocenters. The number of nitrogens with zero attached hydrogens (tertiary/aromatic N) is 4. The lowest BCUT2D eigenvalue weighted by molar-refractivity contribution is -0.139. The first kappa shape index (κ1) is 30.6. The molecule has 0 radical (unpaired) electrons. The Labute approximate surface area is 256 Å². The van der Waals surface area contributed by atoms with Gasteiger partial charge >= 0.3 is 6.18 Å². The fraction of sp³-hybridized carbons (Fsp3) is 0.419. The van der Waals surface area contributed by atoms with Crippen LogP contribution in [-0.4, -0.2) is 71.9 Å². The Balaban J connectivity index is 1.22. The number of hydrogen-bond donors (Lipinski definition) is 2. The number of ether oxygens (including phenoxy) is 2. The lowest BCUT2D eigenvalue weighted by atomic mass is 9.60. The normalized spacial score (nSPS) is 18.0. The van der Waals surface area contributed by atoms with Gasteiger partial charge in [0.1, 0.15) is 22.9 Å². The molecule has 1 saturated carbocycles. The standard InChI is InChI=1S/C31H32F4N6O4/c1-40-9-7-30(8-10-40)13-18(14-30)37-26(42)19-11-24(44-3)22(12-21(19)32)38-29-36-15-20(31(33,34)35)27(39-29)45-23-6-4-5-17-16-41(2)28(43)25(17)23/h4-6,11-12,15,18H,7-10,13-14,16H2,1-3H3,(H,37,42)(H,36,38,39). The quantitative estimate of drug-likeness (QED) is 0.337. The van der Waals surface area contributed by atoms with Gasteiger partial charge in [-0.1, -0.05) is 12.1 Å². The van der Waals surface area contributed by atoms with E-state index in [1.165, 1.54) is 24.1 Å². The monoisotopic (exact) mass is 628 g/mol. The summed E-state index contributed by atoms with van der Waals surface area (Å²) in [6.45, 7) is 2.32. The third-order valence-corrected chi connectivity index (χ3v) is 8.87. The molecular weight excluding hydrogens is 596 g/mol. The number of fused-ring (bicyclic) bond motifs is 1. The summed E-state index contributed by atoms with van der Waals surface area (Å²) in [5.74, 6) is -3.11. The van der Waals surface area contributed by atoms with Crippen LogP contribution in [0.4, 0.5) is 29.2 Å². The van der Waals surface area contributed by atoms with Crippen molar-refractivity contribution in [2.24, 2.45) is 5.41 Å². The van der Waals surface area contributed by atoms with Crippen molar-refractivity contribution in [3.63, 3.8) is 0 Å². The Hall–Kier alpha value is -4.46. The Kier molecular flexibility index (Phi) is 7.79. The third-order valence-electron chi connectivity index (χ3n) is 8.87. The summed E-state index contributed by atoms with van der Waals surface area (Å²) in [5, 5.41) is 5.57. The molecule has 0 bridgehead atoms. The van der Waals surface area contributed by atoms with Gasteiger partial charge in [-0.15, -0.1) is 0 Å². The van der Waals surface area contributed by atoms with Crippen LogP contribution in [0, 0.1) is 11.2 Å². The van der Waals surface area contributed by atoms with E-state index in [0.29, 0.717) is 11.8 Å². The van der Waals surface area contributed by atoms with E-state index < -0.39 is 35.3 Å². The zero-order valence-electron chi connectivity index (χ0n) is 24.9. The summed E-state index contributed by atoms with van der Waals surface area (Å²) in [4.78, 5) is 37.0. The molecule has 6 rings (SSSR count). The molecule has 2 aromatic carbocycles. The highest BCUT2D eigenvalue weighted by Gasteiger charge is 2.46. The summed E-state index contributed by atoms with van der Waals surface area (Å²) >= 11 is 0. The second kappa shape index (κ2) is 11.5. The zero-order valence-corrected chi connectivity index (χ0v) is 24.9. The van der Waals surface area contributed by atoms with E-state index in [1.54, 1.807) is 19.2 Å². The number of hydrogen-bond acceptors (Lipinski definition) is 8. The van der Waals surface area contributed by atoms with Gasteiger partial charge in [0.15, 0.2) is 0 Å². The van der Waals surface area contributed by atoms with Crippen LogP contribution < -0.4 is 20.1 Å². The van der Waals surface area contributed by atoms with Crippen LogP contribution in [0.3, 0.4) is 0 Å². The minimum absolute atomic E-state index is 0.0245. The number of carbonyl (C=O) groups excluding carboxylic acids is 2. The Bertz CT molecular complexity index is 1650. The van der Waals surface area contributed by atoms with Crippen molar-refractivity contribution in [1.82, 2.24) is 25.1 Å². The average molecular weight is 629 g/mol.